The zero-order valence-corrected chi connectivity index (χ0v) is 11.8. The van der Waals surface area contributed by atoms with Crippen molar-refractivity contribution in [3.63, 3.8) is 0 Å². The molecule has 7 heteroatoms. The number of amides is 1. The minimum absolute atomic E-state index is 0.251. The van der Waals surface area contributed by atoms with E-state index in [-0.39, 0.29) is 5.91 Å². The average molecular weight is 334 g/mol. The molecule has 0 saturated carbocycles. The third-order valence-electron chi connectivity index (χ3n) is 2.70. The van der Waals surface area contributed by atoms with E-state index < -0.39 is 18.2 Å². The van der Waals surface area contributed by atoms with Crippen LogP contribution >= 0.6 is 27.3 Å². The lowest BCUT2D eigenvalue weighted by Crippen LogP contribution is -2.35. The molecule has 1 aromatic heterocycles. The van der Waals surface area contributed by atoms with Crippen LogP contribution in [0.3, 0.4) is 0 Å². The number of hydrogen-bond donors (Lipinski definition) is 2. The summed E-state index contributed by atoms with van der Waals surface area (Å²) >= 11 is 4.92. The highest BCUT2D eigenvalue weighted by Crippen LogP contribution is 2.23. The van der Waals surface area contributed by atoms with E-state index in [0.717, 1.165) is 9.35 Å². The van der Waals surface area contributed by atoms with E-state index in [4.69, 9.17) is 9.84 Å². The van der Waals surface area contributed by atoms with Gasteiger partial charge in [-0.2, -0.15) is 0 Å². The molecule has 1 saturated heterocycles. The lowest BCUT2D eigenvalue weighted by Gasteiger charge is -2.11. The van der Waals surface area contributed by atoms with Gasteiger partial charge >= 0.3 is 5.97 Å². The molecule has 0 aromatic carbocycles. The Balaban J connectivity index is 1.83. The molecule has 18 heavy (non-hydrogen) atoms. The first-order valence-electron chi connectivity index (χ1n) is 5.46. The molecular weight excluding hydrogens is 322 g/mol. The van der Waals surface area contributed by atoms with Crippen molar-refractivity contribution in [2.75, 3.05) is 0 Å². The van der Waals surface area contributed by atoms with Crippen LogP contribution < -0.4 is 5.32 Å². The summed E-state index contributed by atoms with van der Waals surface area (Å²) in [4.78, 5) is 23.5. The van der Waals surface area contributed by atoms with Crippen LogP contribution in [0.25, 0.3) is 0 Å². The Morgan fingerprint density at radius 3 is 2.78 bits per heavy atom. The highest BCUT2D eigenvalue weighted by molar-refractivity contribution is 9.10. The van der Waals surface area contributed by atoms with Crippen LogP contribution in [0.1, 0.15) is 17.7 Å². The maximum absolute atomic E-state index is 11.8. The summed E-state index contributed by atoms with van der Waals surface area (Å²) in [6, 6.07) is 1.92. The fraction of sp³-hybridized carbons (Fsp3) is 0.455. The molecule has 2 heterocycles. The Kier molecular flexibility index (Phi) is 4.36. The van der Waals surface area contributed by atoms with Crippen LogP contribution in [0.15, 0.2) is 15.9 Å². The molecule has 0 unspecified atom stereocenters. The van der Waals surface area contributed by atoms with Crippen LogP contribution in [0.5, 0.6) is 0 Å². The van der Waals surface area contributed by atoms with Crippen molar-refractivity contribution in [2.24, 2.45) is 0 Å². The van der Waals surface area contributed by atoms with Gasteiger partial charge in [-0.15, -0.1) is 11.3 Å². The van der Waals surface area contributed by atoms with E-state index in [2.05, 4.69) is 21.2 Å². The summed E-state index contributed by atoms with van der Waals surface area (Å²) < 4.78 is 6.13. The quantitative estimate of drug-likeness (QED) is 0.880. The Bertz CT molecular complexity index is 462. The summed E-state index contributed by atoms with van der Waals surface area (Å²) in [5.41, 5.74) is 0. The van der Waals surface area contributed by atoms with E-state index >= 15 is 0 Å². The topological polar surface area (TPSA) is 75.6 Å². The first kappa shape index (κ1) is 13.5. The fourth-order valence-electron chi connectivity index (χ4n) is 1.74. The number of carboxylic acid groups (broad SMARTS) is 1. The highest BCUT2D eigenvalue weighted by atomic mass is 79.9. The molecule has 1 aromatic rings. The van der Waals surface area contributed by atoms with Gasteiger partial charge in [0.25, 0.3) is 0 Å². The number of ether oxygens (including phenoxy) is 1. The fourth-order valence-corrected chi connectivity index (χ4v) is 3.18. The minimum Gasteiger partial charge on any atom is -0.479 e. The first-order chi connectivity index (χ1) is 8.58. The van der Waals surface area contributed by atoms with Crippen LogP contribution in [0.4, 0.5) is 0 Å². The molecule has 1 amide bonds. The Morgan fingerprint density at radius 1 is 1.50 bits per heavy atom. The van der Waals surface area contributed by atoms with E-state index in [1.165, 1.54) is 0 Å². The van der Waals surface area contributed by atoms with E-state index in [1.807, 2.05) is 11.4 Å². The van der Waals surface area contributed by atoms with Gasteiger partial charge in [0.15, 0.2) is 6.10 Å². The van der Waals surface area contributed by atoms with Gasteiger partial charge in [0.05, 0.1) is 6.54 Å². The van der Waals surface area contributed by atoms with Gasteiger partial charge in [0.2, 0.25) is 5.91 Å². The van der Waals surface area contributed by atoms with Gasteiger partial charge in [0, 0.05) is 9.35 Å². The predicted octanol–water partition coefficient (Wildman–Crippen LogP) is 1.76. The second-order valence-electron chi connectivity index (χ2n) is 3.94. The zero-order chi connectivity index (χ0) is 13.1. The Morgan fingerprint density at radius 2 is 2.22 bits per heavy atom. The Hall–Kier alpha value is -0.920. The molecule has 0 radical (unpaired) electrons. The summed E-state index contributed by atoms with van der Waals surface area (Å²) in [6.45, 7) is 0.425. The number of hydrogen-bond acceptors (Lipinski definition) is 4. The van der Waals surface area contributed by atoms with Crippen LogP contribution in [0, 0.1) is 0 Å². The maximum atomic E-state index is 11.8. The molecular formula is C11H12BrNO4S. The lowest BCUT2D eigenvalue weighted by molar-refractivity contribution is -0.151. The smallest absolute Gasteiger partial charge is 0.332 e. The predicted molar refractivity (Wildman–Crippen MR) is 69.4 cm³/mol. The number of aliphatic carboxylic acids is 1. The molecule has 1 aliphatic heterocycles. The number of carbonyl (C=O) groups is 2. The van der Waals surface area contributed by atoms with Crippen LogP contribution in [-0.4, -0.2) is 29.2 Å². The Labute approximate surface area is 116 Å². The molecule has 1 aliphatic rings. The lowest BCUT2D eigenvalue weighted by atomic mass is 10.2. The molecule has 98 valence electrons. The van der Waals surface area contributed by atoms with Crippen LogP contribution in [-0.2, 0) is 20.9 Å². The molecule has 1 fully saturated rings. The van der Waals surface area contributed by atoms with Gasteiger partial charge in [-0.1, -0.05) is 0 Å². The molecule has 5 nitrogen and oxygen atoms in total. The number of carboxylic acids is 1. The summed E-state index contributed by atoms with van der Waals surface area (Å²) in [5, 5.41) is 13.4. The number of rotatable bonds is 4. The highest BCUT2D eigenvalue weighted by Gasteiger charge is 2.34. The first-order valence-corrected chi connectivity index (χ1v) is 7.13. The maximum Gasteiger partial charge on any atom is 0.332 e. The second-order valence-corrected chi connectivity index (χ2v) is 5.79. The summed E-state index contributed by atoms with van der Waals surface area (Å²) in [7, 11) is 0. The number of nitrogens with one attached hydrogen (secondary N) is 1. The normalized spacial score (nSPS) is 22.9. The average Bonchev–Trinajstić information content (AvgIpc) is 2.94. The molecule has 2 atom stereocenters. The molecule has 2 N–H and O–H groups in total. The summed E-state index contributed by atoms with van der Waals surface area (Å²) in [5.74, 6) is -1.26. The van der Waals surface area contributed by atoms with Crippen molar-refractivity contribution in [3.8, 4) is 0 Å². The van der Waals surface area contributed by atoms with Gasteiger partial charge in [-0.05, 0) is 40.2 Å². The number of halogens is 1. The second kappa shape index (κ2) is 5.81. The van der Waals surface area contributed by atoms with E-state index in [9.17, 15) is 9.59 Å². The van der Waals surface area contributed by atoms with Crippen LogP contribution in [0.2, 0.25) is 0 Å². The van der Waals surface area contributed by atoms with Crippen molar-refractivity contribution < 1.29 is 19.4 Å². The SMILES string of the molecule is O=C(NCc1sccc1Br)[C@@H]1CC[C@H](C(=O)O)O1. The summed E-state index contributed by atoms with van der Waals surface area (Å²) in [6.07, 6.45) is -0.663. The van der Waals surface area contributed by atoms with Crippen molar-refractivity contribution in [3.05, 3.63) is 20.8 Å². The van der Waals surface area contributed by atoms with Crippen molar-refractivity contribution in [2.45, 2.75) is 31.6 Å². The zero-order valence-electron chi connectivity index (χ0n) is 9.39. The number of carbonyl (C=O) groups excluding carboxylic acids is 1. The third-order valence-corrected chi connectivity index (χ3v) is 4.63. The van der Waals surface area contributed by atoms with Crippen molar-refractivity contribution in [1.82, 2.24) is 5.32 Å². The van der Waals surface area contributed by atoms with Gasteiger partial charge in [0.1, 0.15) is 6.10 Å². The van der Waals surface area contributed by atoms with Gasteiger partial charge in [-0.3, -0.25) is 4.79 Å². The minimum atomic E-state index is -1.01. The molecule has 0 bridgehead atoms. The third kappa shape index (κ3) is 3.09. The van der Waals surface area contributed by atoms with Gasteiger partial charge < -0.3 is 15.2 Å². The van der Waals surface area contributed by atoms with Gasteiger partial charge in [-0.25, -0.2) is 4.79 Å². The standard InChI is InChI=1S/C11H12BrNO4S/c12-6-3-4-18-9(6)5-13-10(14)7-1-2-8(17-7)11(15)16/h3-4,7-8H,1-2,5H2,(H,13,14)(H,15,16)/t7-,8+/m0/s1. The molecule has 0 spiro atoms. The largest absolute Gasteiger partial charge is 0.479 e. The monoisotopic (exact) mass is 333 g/mol. The van der Waals surface area contributed by atoms with Crippen molar-refractivity contribution in [1.29, 1.82) is 0 Å². The number of thiophene rings is 1. The molecule has 0 aliphatic carbocycles. The van der Waals surface area contributed by atoms with E-state index in [1.54, 1.807) is 11.3 Å². The van der Waals surface area contributed by atoms with Crippen molar-refractivity contribution >= 4 is 39.1 Å². The molecule has 2 rings (SSSR count). The van der Waals surface area contributed by atoms with E-state index in [0.29, 0.717) is 19.4 Å².